The lowest BCUT2D eigenvalue weighted by Crippen LogP contribution is -1.87. The van der Waals surface area contributed by atoms with Gasteiger partial charge in [-0.15, -0.1) is 0 Å². The van der Waals surface area contributed by atoms with Crippen LogP contribution in [0, 0.1) is 11.3 Å². The lowest BCUT2D eigenvalue weighted by atomic mass is 10.1. The molecule has 2 rings (SSSR count). The number of rotatable bonds is 3. The average Bonchev–Trinajstić information content (AvgIpc) is 2.41. The molecule has 1 N–H and O–H groups in total. The molecule has 3 heteroatoms. The van der Waals surface area contributed by atoms with Crippen molar-refractivity contribution in [2.24, 2.45) is 0 Å². The first-order valence-corrected chi connectivity index (χ1v) is 6.54. The van der Waals surface area contributed by atoms with E-state index in [4.69, 9.17) is 5.26 Å². The highest BCUT2D eigenvalue weighted by Crippen LogP contribution is 2.30. The molecule has 0 aliphatic heterocycles. The molecule has 0 heterocycles. The van der Waals surface area contributed by atoms with E-state index in [0.29, 0.717) is 0 Å². The summed E-state index contributed by atoms with van der Waals surface area (Å²) in [5.74, 6) is 0.272. The molecule has 18 heavy (non-hydrogen) atoms. The number of hydrogen-bond acceptors (Lipinski definition) is 3. The molecule has 0 radical (unpaired) electrons. The van der Waals surface area contributed by atoms with Gasteiger partial charge < -0.3 is 5.11 Å². The van der Waals surface area contributed by atoms with E-state index in [2.05, 4.69) is 12.1 Å². The van der Waals surface area contributed by atoms with Crippen LogP contribution in [0.4, 0.5) is 0 Å². The minimum absolute atomic E-state index is 0.272. The number of aryl methyl sites for hydroxylation is 1. The molecule has 2 nitrogen and oxygen atoms in total. The zero-order valence-corrected chi connectivity index (χ0v) is 10.9. The highest BCUT2D eigenvalue weighted by Gasteiger charge is 2.03. The van der Waals surface area contributed by atoms with Crippen molar-refractivity contribution in [1.82, 2.24) is 0 Å². The first-order valence-electron chi connectivity index (χ1n) is 5.73. The monoisotopic (exact) mass is 255 g/mol. The Labute approximate surface area is 111 Å². The third kappa shape index (κ3) is 2.85. The van der Waals surface area contributed by atoms with Crippen LogP contribution in [0.5, 0.6) is 5.75 Å². The van der Waals surface area contributed by atoms with E-state index in [9.17, 15) is 5.11 Å². The maximum atomic E-state index is 9.23. The molecule has 0 fully saturated rings. The van der Waals surface area contributed by atoms with Crippen LogP contribution in [0.25, 0.3) is 0 Å². The third-order valence-corrected chi connectivity index (χ3v) is 3.65. The van der Waals surface area contributed by atoms with Gasteiger partial charge in [-0.25, -0.2) is 0 Å². The van der Waals surface area contributed by atoms with Crippen molar-refractivity contribution >= 4 is 11.8 Å². The molecule has 0 saturated heterocycles. The fourth-order valence-corrected chi connectivity index (χ4v) is 2.57. The fourth-order valence-electron chi connectivity index (χ4n) is 1.69. The van der Waals surface area contributed by atoms with E-state index < -0.39 is 0 Å². The molecule has 0 amide bonds. The quantitative estimate of drug-likeness (QED) is 0.902. The molecular formula is C15H13NOS. The molecule has 2 aromatic rings. The van der Waals surface area contributed by atoms with Gasteiger partial charge in [-0.05, 0) is 54.4 Å². The van der Waals surface area contributed by atoms with Crippen molar-refractivity contribution in [2.75, 3.05) is 0 Å². The van der Waals surface area contributed by atoms with E-state index in [1.54, 1.807) is 23.9 Å². The SMILES string of the molecule is CCc1cc(Sc2ccc(O)cc2)ccc1C#N. The molecule has 2 aromatic carbocycles. The number of nitrogens with zero attached hydrogens (tertiary/aromatic N) is 1. The van der Waals surface area contributed by atoms with Crippen molar-refractivity contribution in [1.29, 1.82) is 5.26 Å². The number of hydrogen-bond donors (Lipinski definition) is 1. The van der Waals surface area contributed by atoms with Crippen LogP contribution < -0.4 is 0 Å². The Morgan fingerprint density at radius 2 is 1.78 bits per heavy atom. The Hall–Kier alpha value is -1.92. The molecular weight excluding hydrogens is 242 g/mol. The summed E-state index contributed by atoms with van der Waals surface area (Å²) in [6.07, 6.45) is 0.854. The molecule has 0 saturated carbocycles. The van der Waals surface area contributed by atoms with Crippen LogP contribution in [0.15, 0.2) is 52.3 Å². The molecule has 0 aliphatic rings. The van der Waals surface area contributed by atoms with Gasteiger partial charge in [0, 0.05) is 9.79 Å². The summed E-state index contributed by atoms with van der Waals surface area (Å²) >= 11 is 1.62. The van der Waals surface area contributed by atoms with E-state index in [0.717, 1.165) is 27.3 Å². The van der Waals surface area contributed by atoms with Gasteiger partial charge in [-0.2, -0.15) is 5.26 Å². The molecule has 0 spiro atoms. The second-order valence-corrected chi connectivity index (χ2v) is 5.03. The van der Waals surface area contributed by atoms with Gasteiger partial charge in [-0.1, -0.05) is 18.7 Å². The van der Waals surface area contributed by atoms with Gasteiger partial charge in [0.1, 0.15) is 5.75 Å². The smallest absolute Gasteiger partial charge is 0.115 e. The van der Waals surface area contributed by atoms with Crippen molar-refractivity contribution in [3.63, 3.8) is 0 Å². The highest BCUT2D eigenvalue weighted by atomic mass is 32.2. The summed E-state index contributed by atoms with van der Waals surface area (Å²) in [7, 11) is 0. The van der Waals surface area contributed by atoms with Gasteiger partial charge >= 0.3 is 0 Å². The summed E-state index contributed by atoms with van der Waals surface area (Å²) < 4.78 is 0. The Bertz CT molecular complexity index is 584. The Morgan fingerprint density at radius 1 is 1.11 bits per heavy atom. The standard InChI is InChI=1S/C15H13NOS/c1-2-11-9-15(6-3-12(11)10-16)18-14-7-4-13(17)5-8-14/h3-9,17H,2H2,1H3. The molecule has 0 aliphatic carbocycles. The summed E-state index contributed by atoms with van der Waals surface area (Å²) in [5, 5.41) is 18.2. The van der Waals surface area contributed by atoms with Crippen molar-refractivity contribution in [3.05, 3.63) is 53.6 Å². The summed E-state index contributed by atoms with van der Waals surface area (Å²) in [5.41, 5.74) is 1.81. The first kappa shape index (κ1) is 12.5. The number of phenolic OH excluding ortho intramolecular Hbond substituents is 1. The van der Waals surface area contributed by atoms with Crippen molar-refractivity contribution in [3.8, 4) is 11.8 Å². The van der Waals surface area contributed by atoms with Crippen molar-refractivity contribution < 1.29 is 5.11 Å². The van der Waals surface area contributed by atoms with Crippen LogP contribution in [0.2, 0.25) is 0 Å². The number of nitriles is 1. The van der Waals surface area contributed by atoms with Gasteiger partial charge in [0.15, 0.2) is 0 Å². The minimum Gasteiger partial charge on any atom is -0.508 e. The number of phenols is 1. The predicted octanol–water partition coefficient (Wildman–Crippen LogP) is 3.98. The average molecular weight is 255 g/mol. The van der Waals surface area contributed by atoms with Gasteiger partial charge in [0.05, 0.1) is 11.6 Å². The summed E-state index contributed by atoms with van der Waals surface area (Å²) in [6.45, 7) is 2.05. The normalized spacial score (nSPS) is 10.0. The minimum atomic E-state index is 0.272. The zero-order valence-electron chi connectivity index (χ0n) is 10.1. The summed E-state index contributed by atoms with van der Waals surface area (Å²) in [4.78, 5) is 2.18. The molecule has 0 atom stereocenters. The number of aromatic hydroxyl groups is 1. The fraction of sp³-hybridized carbons (Fsp3) is 0.133. The third-order valence-electron chi connectivity index (χ3n) is 2.65. The van der Waals surface area contributed by atoms with Crippen LogP contribution in [-0.2, 0) is 6.42 Å². The second-order valence-electron chi connectivity index (χ2n) is 3.88. The molecule has 0 aromatic heterocycles. The van der Waals surface area contributed by atoms with Crippen LogP contribution in [-0.4, -0.2) is 5.11 Å². The van der Waals surface area contributed by atoms with E-state index >= 15 is 0 Å². The Morgan fingerprint density at radius 3 is 2.39 bits per heavy atom. The predicted molar refractivity (Wildman–Crippen MR) is 72.8 cm³/mol. The highest BCUT2D eigenvalue weighted by molar-refractivity contribution is 7.99. The molecule has 0 unspecified atom stereocenters. The summed E-state index contributed by atoms with van der Waals surface area (Å²) in [6, 6.07) is 15.2. The first-order chi connectivity index (χ1) is 8.72. The molecule has 90 valence electrons. The largest absolute Gasteiger partial charge is 0.508 e. The maximum absolute atomic E-state index is 9.23. The van der Waals surface area contributed by atoms with E-state index in [1.807, 2.05) is 31.2 Å². The zero-order chi connectivity index (χ0) is 13.0. The van der Waals surface area contributed by atoms with Crippen LogP contribution >= 0.6 is 11.8 Å². The van der Waals surface area contributed by atoms with E-state index in [-0.39, 0.29) is 5.75 Å². The van der Waals surface area contributed by atoms with Gasteiger partial charge in [0.2, 0.25) is 0 Å². The van der Waals surface area contributed by atoms with Gasteiger partial charge in [-0.3, -0.25) is 0 Å². The van der Waals surface area contributed by atoms with Crippen LogP contribution in [0.1, 0.15) is 18.1 Å². The number of benzene rings is 2. The topological polar surface area (TPSA) is 44.0 Å². The van der Waals surface area contributed by atoms with Gasteiger partial charge in [0.25, 0.3) is 0 Å². The van der Waals surface area contributed by atoms with Crippen LogP contribution in [0.3, 0.4) is 0 Å². The second kappa shape index (κ2) is 5.61. The van der Waals surface area contributed by atoms with E-state index in [1.165, 1.54) is 0 Å². The van der Waals surface area contributed by atoms with Crippen molar-refractivity contribution in [2.45, 2.75) is 23.1 Å². The molecule has 0 bridgehead atoms. The lowest BCUT2D eigenvalue weighted by Gasteiger charge is -2.05. The lowest BCUT2D eigenvalue weighted by molar-refractivity contribution is 0.475. The maximum Gasteiger partial charge on any atom is 0.115 e. The Balaban J connectivity index is 2.25. The Kier molecular flexibility index (Phi) is 3.91.